The van der Waals surface area contributed by atoms with Crippen molar-refractivity contribution in [2.75, 3.05) is 12.3 Å². The van der Waals surface area contributed by atoms with Crippen molar-refractivity contribution in [3.05, 3.63) is 0 Å². The molecule has 0 rings (SSSR count). The molecule has 0 heterocycles. The van der Waals surface area contributed by atoms with Crippen molar-refractivity contribution >= 4 is 16.9 Å². The van der Waals surface area contributed by atoms with Gasteiger partial charge in [0.05, 0.1) is 0 Å². The Bertz CT molecular complexity index is 136. The van der Waals surface area contributed by atoms with Crippen LogP contribution in [0.15, 0.2) is 0 Å². The molecule has 0 aliphatic heterocycles. The van der Waals surface area contributed by atoms with E-state index in [4.69, 9.17) is 5.73 Å². The first-order valence-electron chi connectivity index (χ1n) is 4.48. The number of hydrogen-bond donors (Lipinski definition) is 1. The Kier molecular flexibility index (Phi) is 6.48. The molecular weight excluding hydrogens is 170 g/mol. The van der Waals surface area contributed by atoms with Gasteiger partial charge < -0.3 is 5.73 Å². The molecule has 0 radical (unpaired) electrons. The lowest BCUT2D eigenvalue weighted by Crippen LogP contribution is -2.23. The third kappa shape index (κ3) is 4.78. The minimum absolute atomic E-state index is 0.0648. The summed E-state index contributed by atoms with van der Waals surface area (Å²) in [6.07, 6.45) is 0.919. The van der Waals surface area contributed by atoms with E-state index in [0.29, 0.717) is 12.5 Å². The van der Waals surface area contributed by atoms with Crippen molar-refractivity contribution < 1.29 is 4.79 Å². The van der Waals surface area contributed by atoms with Gasteiger partial charge in [0, 0.05) is 12.5 Å². The molecule has 0 amide bonds. The number of carbonyl (C=O) groups is 1. The zero-order chi connectivity index (χ0) is 9.56. The van der Waals surface area contributed by atoms with Gasteiger partial charge >= 0.3 is 0 Å². The van der Waals surface area contributed by atoms with Crippen molar-refractivity contribution in [1.29, 1.82) is 0 Å². The number of hydrogen-bond acceptors (Lipinski definition) is 3. The Morgan fingerprint density at radius 2 is 2.08 bits per heavy atom. The minimum atomic E-state index is 0.0648. The van der Waals surface area contributed by atoms with Gasteiger partial charge in [-0.3, -0.25) is 4.79 Å². The van der Waals surface area contributed by atoms with Crippen LogP contribution in [0, 0.1) is 11.8 Å². The summed E-state index contributed by atoms with van der Waals surface area (Å²) in [5, 5.41) is 0.258. The first-order chi connectivity index (χ1) is 5.61. The topological polar surface area (TPSA) is 43.1 Å². The van der Waals surface area contributed by atoms with Gasteiger partial charge in [-0.15, -0.1) is 0 Å². The summed E-state index contributed by atoms with van der Waals surface area (Å²) in [5.74, 6) is 1.47. The maximum absolute atomic E-state index is 11.4. The second-order valence-electron chi connectivity index (χ2n) is 3.31. The third-order valence-electron chi connectivity index (χ3n) is 1.66. The summed E-state index contributed by atoms with van der Waals surface area (Å²) in [5.41, 5.74) is 5.52. The van der Waals surface area contributed by atoms with E-state index < -0.39 is 0 Å². The summed E-state index contributed by atoms with van der Waals surface area (Å²) in [6.45, 7) is 6.72. The molecule has 2 N–H and O–H groups in total. The van der Waals surface area contributed by atoms with Crippen LogP contribution in [0.3, 0.4) is 0 Å². The van der Waals surface area contributed by atoms with Crippen LogP contribution in [0.4, 0.5) is 0 Å². The molecule has 0 bridgehead atoms. The fourth-order valence-corrected chi connectivity index (χ4v) is 1.83. The number of carbonyl (C=O) groups excluding carboxylic acids is 1. The van der Waals surface area contributed by atoms with E-state index in [1.165, 1.54) is 11.8 Å². The number of thioether (sulfide) groups is 1. The smallest absolute Gasteiger partial charge is 0.193 e. The van der Waals surface area contributed by atoms with Gasteiger partial charge in [-0.2, -0.15) is 0 Å². The second kappa shape index (κ2) is 6.49. The molecule has 0 saturated heterocycles. The average molecular weight is 189 g/mol. The molecule has 1 atom stereocenters. The Morgan fingerprint density at radius 3 is 2.42 bits per heavy atom. The van der Waals surface area contributed by atoms with Crippen LogP contribution >= 0.6 is 11.8 Å². The van der Waals surface area contributed by atoms with Crippen molar-refractivity contribution in [2.45, 2.75) is 27.2 Å². The Labute approximate surface area is 79.3 Å². The SMILES string of the molecule is CCSC(=O)C(CN)CC(C)C. The minimum Gasteiger partial charge on any atom is -0.330 e. The third-order valence-corrected chi connectivity index (χ3v) is 2.57. The predicted octanol–water partition coefficient (Wildman–Crippen LogP) is 1.89. The average Bonchev–Trinajstić information content (AvgIpc) is 2.00. The highest BCUT2D eigenvalue weighted by Gasteiger charge is 2.17. The van der Waals surface area contributed by atoms with Crippen molar-refractivity contribution in [1.82, 2.24) is 0 Å². The van der Waals surface area contributed by atoms with E-state index in [1.54, 1.807) is 0 Å². The fourth-order valence-electron chi connectivity index (χ4n) is 1.12. The predicted molar refractivity (Wildman–Crippen MR) is 55.1 cm³/mol. The van der Waals surface area contributed by atoms with E-state index in [9.17, 15) is 4.79 Å². The molecule has 3 heteroatoms. The molecule has 0 spiro atoms. The maximum Gasteiger partial charge on any atom is 0.193 e. The molecular formula is C9H19NOS. The van der Waals surface area contributed by atoms with E-state index in [1.807, 2.05) is 6.92 Å². The molecule has 72 valence electrons. The fraction of sp³-hybridized carbons (Fsp3) is 0.889. The summed E-state index contributed by atoms with van der Waals surface area (Å²) in [4.78, 5) is 11.4. The number of nitrogens with two attached hydrogens (primary N) is 1. The van der Waals surface area contributed by atoms with E-state index in [0.717, 1.165) is 12.2 Å². The first kappa shape index (κ1) is 12.0. The molecule has 0 aliphatic rings. The van der Waals surface area contributed by atoms with Crippen molar-refractivity contribution in [3.8, 4) is 0 Å². The standard InChI is InChI=1S/C9H19NOS/c1-4-12-9(11)8(6-10)5-7(2)3/h7-8H,4-6,10H2,1-3H3. The summed E-state index contributed by atoms with van der Waals surface area (Å²) in [6, 6.07) is 0. The van der Waals surface area contributed by atoms with Gasteiger partial charge in [0.2, 0.25) is 0 Å². The van der Waals surface area contributed by atoms with Gasteiger partial charge in [0.15, 0.2) is 5.12 Å². The summed E-state index contributed by atoms with van der Waals surface area (Å²) in [7, 11) is 0. The zero-order valence-electron chi connectivity index (χ0n) is 8.17. The Hall–Kier alpha value is -0.0200. The van der Waals surface area contributed by atoms with Crippen LogP contribution in [0.1, 0.15) is 27.2 Å². The Morgan fingerprint density at radius 1 is 1.50 bits per heavy atom. The highest BCUT2D eigenvalue weighted by atomic mass is 32.2. The Balaban J connectivity index is 3.87. The van der Waals surface area contributed by atoms with Gasteiger partial charge in [0.25, 0.3) is 0 Å². The van der Waals surface area contributed by atoms with Crippen LogP contribution in [0.25, 0.3) is 0 Å². The highest BCUT2D eigenvalue weighted by Crippen LogP contribution is 2.17. The van der Waals surface area contributed by atoms with Crippen LogP contribution in [0.5, 0.6) is 0 Å². The molecule has 0 aromatic carbocycles. The van der Waals surface area contributed by atoms with Crippen LogP contribution < -0.4 is 5.73 Å². The van der Waals surface area contributed by atoms with Gasteiger partial charge in [0.1, 0.15) is 0 Å². The van der Waals surface area contributed by atoms with E-state index in [-0.39, 0.29) is 11.0 Å². The molecule has 0 saturated carbocycles. The maximum atomic E-state index is 11.4. The summed E-state index contributed by atoms with van der Waals surface area (Å²) < 4.78 is 0. The molecule has 12 heavy (non-hydrogen) atoms. The lowest BCUT2D eigenvalue weighted by atomic mass is 9.99. The quantitative estimate of drug-likeness (QED) is 0.718. The molecule has 0 aromatic rings. The molecule has 0 aliphatic carbocycles. The molecule has 0 aromatic heterocycles. The van der Waals surface area contributed by atoms with Crippen molar-refractivity contribution in [2.24, 2.45) is 17.6 Å². The largest absolute Gasteiger partial charge is 0.330 e. The molecule has 2 nitrogen and oxygen atoms in total. The van der Waals surface area contributed by atoms with Crippen LogP contribution in [-0.2, 0) is 4.79 Å². The van der Waals surface area contributed by atoms with E-state index in [2.05, 4.69) is 13.8 Å². The summed E-state index contributed by atoms with van der Waals surface area (Å²) >= 11 is 1.39. The monoisotopic (exact) mass is 189 g/mol. The van der Waals surface area contributed by atoms with Gasteiger partial charge in [-0.1, -0.05) is 32.5 Å². The van der Waals surface area contributed by atoms with Gasteiger partial charge in [-0.05, 0) is 18.1 Å². The lowest BCUT2D eigenvalue weighted by molar-refractivity contribution is -0.114. The second-order valence-corrected chi connectivity index (χ2v) is 4.58. The van der Waals surface area contributed by atoms with Crippen LogP contribution in [-0.4, -0.2) is 17.4 Å². The lowest BCUT2D eigenvalue weighted by Gasteiger charge is -2.14. The van der Waals surface area contributed by atoms with Crippen LogP contribution in [0.2, 0.25) is 0 Å². The first-order valence-corrected chi connectivity index (χ1v) is 5.47. The zero-order valence-corrected chi connectivity index (χ0v) is 8.99. The van der Waals surface area contributed by atoms with E-state index >= 15 is 0 Å². The van der Waals surface area contributed by atoms with Crippen molar-refractivity contribution in [3.63, 3.8) is 0 Å². The van der Waals surface area contributed by atoms with Gasteiger partial charge in [-0.25, -0.2) is 0 Å². The number of rotatable bonds is 5. The highest BCUT2D eigenvalue weighted by molar-refractivity contribution is 8.13. The molecule has 1 unspecified atom stereocenters. The molecule has 0 fully saturated rings. The normalized spacial score (nSPS) is 13.4.